The van der Waals surface area contributed by atoms with E-state index in [9.17, 15) is 9.60 Å². The van der Waals surface area contributed by atoms with Gasteiger partial charge in [0.25, 0.3) is 0 Å². The maximum absolute atomic E-state index is 13.3. The van der Waals surface area contributed by atoms with Gasteiger partial charge < -0.3 is 5.21 Å². The average Bonchev–Trinajstić information content (AvgIpc) is 2.17. The predicted octanol–water partition coefficient (Wildman–Crippen LogP) is 1.09. The summed E-state index contributed by atoms with van der Waals surface area (Å²) >= 11 is 0. The van der Waals surface area contributed by atoms with Crippen LogP contribution in [0.15, 0.2) is 24.3 Å². The van der Waals surface area contributed by atoms with Crippen LogP contribution in [0, 0.1) is 17.9 Å². The third kappa shape index (κ3) is 1.68. The third-order valence-electron chi connectivity index (χ3n) is 2.17. The van der Waals surface area contributed by atoms with Crippen LogP contribution in [-0.2, 0) is 0 Å². The molecular weight excluding hydrogens is 199 g/mol. The highest BCUT2D eigenvalue weighted by atomic mass is 19.1. The Morgan fingerprint density at radius 3 is 2.73 bits per heavy atom. The van der Waals surface area contributed by atoms with Crippen LogP contribution in [0.2, 0.25) is 0 Å². The largest absolute Gasteiger partial charge is 0.595 e. The molecule has 78 valence electrons. The SMILES string of the molecule is Cc1ccc2c([NH+]([O-])O)c(F)ccc2n1. The first kappa shape index (κ1) is 9.97. The van der Waals surface area contributed by atoms with Crippen molar-refractivity contribution >= 4 is 16.6 Å². The molecule has 1 aromatic carbocycles. The lowest BCUT2D eigenvalue weighted by atomic mass is 10.1. The van der Waals surface area contributed by atoms with Crippen LogP contribution in [0.4, 0.5) is 10.1 Å². The quantitative estimate of drug-likeness (QED) is 0.689. The molecule has 0 radical (unpaired) electrons. The summed E-state index contributed by atoms with van der Waals surface area (Å²) in [6.45, 7) is 1.79. The lowest BCUT2D eigenvalue weighted by Crippen LogP contribution is -2.99. The molecule has 0 aliphatic heterocycles. The van der Waals surface area contributed by atoms with Crippen LogP contribution in [0.3, 0.4) is 0 Å². The van der Waals surface area contributed by atoms with Crippen molar-refractivity contribution in [2.24, 2.45) is 0 Å². The van der Waals surface area contributed by atoms with Gasteiger partial charge in [-0.25, -0.2) is 9.60 Å². The minimum atomic E-state index is -1.27. The Morgan fingerprint density at radius 1 is 1.33 bits per heavy atom. The average molecular weight is 208 g/mol. The van der Waals surface area contributed by atoms with Gasteiger partial charge in [0.15, 0.2) is 5.82 Å². The molecule has 0 spiro atoms. The summed E-state index contributed by atoms with van der Waals surface area (Å²) < 4.78 is 13.3. The summed E-state index contributed by atoms with van der Waals surface area (Å²) in [7, 11) is 0. The van der Waals surface area contributed by atoms with E-state index >= 15 is 0 Å². The normalized spacial score (nSPS) is 13.1. The molecule has 5 heteroatoms. The zero-order chi connectivity index (χ0) is 11.0. The summed E-state index contributed by atoms with van der Waals surface area (Å²) in [5, 5.41) is 18.8. The van der Waals surface area contributed by atoms with Crippen LogP contribution < -0.4 is 5.23 Å². The van der Waals surface area contributed by atoms with Crippen molar-refractivity contribution < 1.29 is 14.8 Å². The second-order valence-electron chi connectivity index (χ2n) is 3.25. The van der Waals surface area contributed by atoms with Crippen molar-refractivity contribution in [1.29, 1.82) is 0 Å². The molecule has 1 unspecified atom stereocenters. The molecule has 2 aromatic rings. The van der Waals surface area contributed by atoms with Crippen molar-refractivity contribution in [2.45, 2.75) is 6.92 Å². The van der Waals surface area contributed by atoms with Crippen molar-refractivity contribution in [3.8, 4) is 0 Å². The van der Waals surface area contributed by atoms with E-state index in [2.05, 4.69) is 4.98 Å². The lowest BCUT2D eigenvalue weighted by Gasteiger charge is -2.14. The van der Waals surface area contributed by atoms with Gasteiger partial charge >= 0.3 is 0 Å². The maximum Gasteiger partial charge on any atom is 0.209 e. The van der Waals surface area contributed by atoms with Crippen LogP contribution in [0.25, 0.3) is 10.9 Å². The van der Waals surface area contributed by atoms with E-state index in [4.69, 9.17) is 5.21 Å². The van der Waals surface area contributed by atoms with Gasteiger partial charge in [0.1, 0.15) is 0 Å². The molecule has 4 nitrogen and oxygen atoms in total. The van der Waals surface area contributed by atoms with Gasteiger partial charge in [-0.05, 0) is 31.2 Å². The van der Waals surface area contributed by atoms with Crippen molar-refractivity contribution in [3.63, 3.8) is 0 Å². The molecule has 0 amide bonds. The molecule has 0 saturated carbocycles. The van der Waals surface area contributed by atoms with Crippen molar-refractivity contribution in [3.05, 3.63) is 41.0 Å². The monoisotopic (exact) mass is 208 g/mol. The number of halogens is 1. The molecule has 1 atom stereocenters. The van der Waals surface area contributed by atoms with Crippen LogP contribution in [0.5, 0.6) is 0 Å². The fraction of sp³-hybridized carbons (Fsp3) is 0.100. The summed E-state index contributed by atoms with van der Waals surface area (Å²) in [4.78, 5) is 4.13. The van der Waals surface area contributed by atoms with E-state index in [0.29, 0.717) is 10.9 Å². The number of nitrogens with one attached hydrogen (secondary N) is 1. The number of benzene rings is 1. The molecule has 0 bridgehead atoms. The van der Waals surface area contributed by atoms with E-state index < -0.39 is 11.0 Å². The van der Waals surface area contributed by atoms with E-state index in [0.717, 1.165) is 11.8 Å². The molecule has 15 heavy (non-hydrogen) atoms. The predicted molar refractivity (Wildman–Crippen MR) is 52.2 cm³/mol. The number of pyridine rings is 1. The van der Waals surface area contributed by atoms with Gasteiger partial charge in [0.05, 0.1) is 10.9 Å². The first-order chi connectivity index (χ1) is 7.09. The summed E-state index contributed by atoms with van der Waals surface area (Å²) in [5.74, 6) is -0.736. The highest BCUT2D eigenvalue weighted by Crippen LogP contribution is 2.22. The summed E-state index contributed by atoms with van der Waals surface area (Å²) in [6, 6.07) is 5.83. The Hall–Kier alpha value is -1.56. The molecule has 2 rings (SSSR count). The number of fused-ring (bicyclic) bond motifs is 1. The fourth-order valence-electron chi connectivity index (χ4n) is 1.50. The fourth-order valence-corrected chi connectivity index (χ4v) is 1.50. The van der Waals surface area contributed by atoms with Crippen LogP contribution >= 0.6 is 0 Å². The van der Waals surface area contributed by atoms with Gasteiger partial charge in [-0.15, -0.1) is 0 Å². The topological polar surface area (TPSA) is 60.6 Å². The van der Waals surface area contributed by atoms with Gasteiger partial charge in [-0.2, -0.15) is 5.23 Å². The lowest BCUT2D eigenvalue weighted by molar-refractivity contribution is -0.991. The second kappa shape index (κ2) is 3.54. The van der Waals surface area contributed by atoms with E-state index in [1.165, 1.54) is 6.07 Å². The number of hydrogen-bond acceptors (Lipinski definition) is 3. The Bertz CT molecular complexity index is 514. The summed E-state index contributed by atoms with van der Waals surface area (Å²) in [5.41, 5.74) is 0.944. The molecule has 0 saturated heterocycles. The number of aryl methyl sites for hydroxylation is 1. The minimum absolute atomic E-state index is 0.319. The molecule has 0 fully saturated rings. The van der Waals surface area contributed by atoms with Crippen LogP contribution in [0.1, 0.15) is 5.69 Å². The molecule has 2 N–H and O–H groups in total. The molecule has 0 aliphatic rings. The Kier molecular flexibility index (Phi) is 2.36. The highest BCUT2D eigenvalue weighted by molar-refractivity contribution is 5.87. The molecule has 1 aromatic heterocycles. The first-order valence-electron chi connectivity index (χ1n) is 4.39. The smallest absolute Gasteiger partial charge is 0.209 e. The van der Waals surface area contributed by atoms with Crippen molar-refractivity contribution in [2.75, 3.05) is 0 Å². The number of nitrogens with zero attached hydrogens (tertiary/aromatic N) is 1. The second-order valence-corrected chi connectivity index (χ2v) is 3.25. The number of hydrogen-bond donors (Lipinski definition) is 2. The van der Waals surface area contributed by atoms with E-state index in [1.807, 2.05) is 0 Å². The first-order valence-corrected chi connectivity index (χ1v) is 4.39. The summed E-state index contributed by atoms with van der Waals surface area (Å²) in [6.07, 6.45) is 0. The minimum Gasteiger partial charge on any atom is -0.595 e. The standard InChI is InChI=1S/C10H9FN2O2/c1-6-2-3-7-9(12-6)5-4-8(11)10(7)13(14)15/h2-5,13-14H,1H3. The zero-order valence-corrected chi connectivity index (χ0v) is 7.99. The Labute approximate surface area is 85.1 Å². The molecular formula is C10H9FN2O2. The number of quaternary nitrogens is 1. The Morgan fingerprint density at radius 2 is 2.07 bits per heavy atom. The van der Waals surface area contributed by atoms with Crippen LogP contribution in [-0.4, -0.2) is 10.2 Å². The van der Waals surface area contributed by atoms with E-state index in [1.54, 1.807) is 19.1 Å². The Balaban J connectivity index is 2.82. The van der Waals surface area contributed by atoms with Gasteiger partial charge in [0.2, 0.25) is 5.69 Å². The number of rotatable bonds is 1. The number of aromatic nitrogens is 1. The van der Waals surface area contributed by atoms with Crippen molar-refractivity contribution in [1.82, 2.24) is 4.98 Å². The van der Waals surface area contributed by atoms with Gasteiger partial charge in [-0.3, -0.25) is 4.98 Å². The molecule has 1 heterocycles. The zero-order valence-electron chi connectivity index (χ0n) is 7.99. The maximum atomic E-state index is 13.3. The molecule has 0 aliphatic carbocycles. The van der Waals surface area contributed by atoms with E-state index in [-0.39, 0.29) is 5.69 Å². The van der Waals surface area contributed by atoms with Gasteiger partial charge in [-0.1, -0.05) is 0 Å². The van der Waals surface area contributed by atoms with Gasteiger partial charge in [0, 0.05) is 5.69 Å². The third-order valence-corrected chi connectivity index (χ3v) is 2.17. The highest BCUT2D eigenvalue weighted by Gasteiger charge is 2.14.